The number of carbonyl (C=O) groups excluding carboxylic acids is 1. The number of aryl methyl sites for hydroxylation is 1. The molecule has 0 bridgehead atoms. The van der Waals surface area contributed by atoms with Crippen LogP contribution < -0.4 is 5.32 Å². The zero-order valence-corrected chi connectivity index (χ0v) is 14.7. The number of rotatable bonds is 6. The third-order valence-corrected chi connectivity index (χ3v) is 4.30. The number of urea groups is 1. The van der Waals surface area contributed by atoms with Crippen molar-refractivity contribution in [3.63, 3.8) is 0 Å². The quantitative estimate of drug-likeness (QED) is 0.869. The Bertz CT molecular complexity index is 478. The molecule has 5 nitrogen and oxygen atoms in total. The molecule has 1 N–H and O–H groups in total. The first-order valence-corrected chi connectivity index (χ1v) is 8.50. The SMILES string of the molecule is Cc1ccc(CNC(=O)N2CCN(CCCN(C)C)CC2)cc1. The molecule has 2 rings (SSSR count). The fourth-order valence-electron chi connectivity index (χ4n) is 2.78. The third-order valence-electron chi connectivity index (χ3n) is 4.30. The molecule has 0 radical (unpaired) electrons. The molecule has 1 fully saturated rings. The molecule has 1 aliphatic heterocycles. The van der Waals surface area contributed by atoms with Crippen molar-refractivity contribution in [2.75, 3.05) is 53.4 Å². The van der Waals surface area contributed by atoms with E-state index in [2.05, 4.69) is 60.4 Å². The second kappa shape index (κ2) is 8.89. The maximum absolute atomic E-state index is 12.2. The summed E-state index contributed by atoms with van der Waals surface area (Å²) in [4.78, 5) is 18.8. The van der Waals surface area contributed by atoms with Gasteiger partial charge in [-0.3, -0.25) is 4.90 Å². The number of piperazine rings is 1. The van der Waals surface area contributed by atoms with Gasteiger partial charge in [-0.05, 0) is 46.1 Å². The Labute approximate surface area is 140 Å². The van der Waals surface area contributed by atoms with Crippen LogP contribution in [-0.4, -0.2) is 74.1 Å². The largest absolute Gasteiger partial charge is 0.334 e. The second-order valence-electron chi connectivity index (χ2n) is 6.63. The van der Waals surface area contributed by atoms with Crippen LogP contribution in [0.4, 0.5) is 4.79 Å². The average Bonchev–Trinajstić information content (AvgIpc) is 2.54. The highest BCUT2D eigenvalue weighted by atomic mass is 16.2. The Morgan fingerprint density at radius 3 is 2.39 bits per heavy atom. The van der Waals surface area contributed by atoms with Gasteiger partial charge in [-0.1, -0.05) is 29.8 Å². The summed E-state index contributed by atoms with van der Waals surface area (Å²) in [5.74, 6) is 0. The Morgan fingerprint density at radius 2 is 1.78 bits per heavy atom. The minimum absolute atomic E-state index is 0.0542. The van der Waals surface area contributed by atoms with Gasteiger partial charge in [0.05, 0.1) is 0 Å². The summed E-state index contributed by atoms with van der Waals surface area (Å²) in [5, 5.41) is 3.02. The number of nitrogens with zero attached hydrogens (tertiary/aromatic N) is 3. The van der Waals surface area contributed by atoms with Crippen molar-refractivity contribution < 1.29 is 4.79 Å². The predicted octanol–water partition coefficient (Wildman–Crippen LogP) is 1.77. The highest BCUT2D eigenvalue weighted by Crippen LogP contribution is 2.05. The highest BCUT2D eigenvalue weighted by molar-refractivity contribution is 5.74. The van der Waals surface area contributed by atoms with E-state index in [1.807, 2.05) is 4.90 Å². The molecule has 23 heavy (non-hydrogen) atoms. The van der Waals surface area contributed by atoms with Gasteiger partial charge in [-0.2, -0.15) is 0 Å². The highest BCUT2D eigenvalue weighted by Gasteiger charge is 2.20. The summed E-state index contributed by atoms with van der Waals surface area (Å²) in [7, 11) is 4.21. The lowest BCUT2D eigenvalue weighted by molar-refractivity contribution is 0.136. The van der Waals surface area contributed by atoms with Gasteiger partial charge in [0.2, 0.25) is 0 Å². The number of amides is 2. The number of carbonyl (C=O) groups is 1. The summed E-state index contributed by atoms with van der Waals surface area (Å²) in [5.41, 5.74) is 2.39. The Kier molecular flexibility index (Phi) is 6.86. The average molecular weight is 318 g/mol. The summed E-state index contributed by atoms with van der Waals surface area (Å²) >= 11 is 0. The van der Waals surface area contributed by atoms with Crippen molar-refractivity contribution in [3.05, 3.63) is 35.4 Å². The lowest BCUT2D eigenvalue weighted by Crippen LogP contribution is -2.51. The molecule has 0 unspecified atom stereocenters. The van der Waals surface area contributed by atoms with Crippen molar-refractivity contribution in [2.45, 2.75) is 19.9 Å². The zero-order chi connectivity index (χ0) is 16.7. The van der Waals surface area contributed by atoms with Crippen LogP contribution in [0.25, 0.3) is 0 Å². The summed E-state index contributed by atoms with van der Waals surface area (Å²) in [6.45, 7) is 8.51. The molecule has 1 aromatic carbocycles. The first-order chi connectivity index (χ1) is 11.0. The van der Waals surface area contributed by atoms with Gasteiger partial charge >= 0.3 is 6.03 Å². The van der Waals surface area contributed by atoms with E-state index < -0.39 is 0 Å². The van der Waals surface area contributed by atoms with E-state index in [0.29, 0.717) is 6.54 Å². The Balaban J connectivity index is 1.66. The van der Waals surface area contributed by atoms with E-state index >= 15 is 0 Å². The number of hydrogen-bond donors (Lipinski definition) is 1. The van der Waals surface area contributed by atoms with E-state index in [9.17, 15) is 4.79 Å². The molecular weight excluding hydrogens is 288 g/mol. The predicted molar refractivity (Wildman–Crippen MR) is 94.6 cm³/mol. The lowest BCUT2D eigenvalue weighted by atomic mass is 10.1. The summed E-state index contributed by atoms with van der Waals surface area (Å²) in [6.07, 6.45) is 1.19. The van der Waals surface area contributed by atoms with Crippen molar-refractivity contribution in [3.8, 4) is 0 Å². The molecule has 0 aromatic heterocycles. The number of nitrogens with one attached hydrogen (secondary N) is 1. The van der Waals surface area contributed by atoms with Crippen molar-refractivity contribution in [2.24, 2.45) is 0 Å². The molecule has 1 aromatic rings. The molecule has 0 aliphatic carbocycles. The minimum Gasteiger partial charge on any atom is -0.334 e. The van der Waals surface area contributed by atoms with Gasteiger partial charge in [-0.15, -0.1) is 0 Å². The summed E-state index contributed by atoms with van der Waals surface area (Å²) in [6, 6.07) is 8.34. The van der Waals surface area contributed by atoms with Crippen LogP contribution in [0.3, 0.4) is 0 Å². The van der Waals surface area contributed by atoms with Crippen molar-refractivity contribution in [1.29, 1.82) is 0 Å². The molecule has 0 atom stereocenters. The van der Waals surface area contributed by atoms with Crippen molar-refractivity contribution >= 4 is 6.03 Å². The second-order valence-corrected chi connectivity index (χ2v) is 6.63. The van der Waals surface area contributed by atoms with Crippen LogP contribution >= 0.6 is 0 Å². The lowest BCUT2D eigenvalue weighted by Gasteiger charge is -2.34. The topological polar surface area (TPSA) is 38.8 Å². The maximum atomic E-state index is 12.2. The smallest absolute Gasteiger partial charge is 0.317 e. The fraction of sp³-hybridized carbons (Fsp3) is 0.611. The van der Waals surface area contributed by atoms with E-state index in [4.69, 9.17) is 0 Å². The van der Waals surface area contributed by atoms with Gasteiger partial charge in [0.1, 0.15) is 0 Å². The van der Waals surface area contributed by atoms with Crippen LogP contribution in [0.2, 0.25) is 0 Å². The van der Waals surface area contributed by atoms with Gasteiger partial charge in [-0.25, -0.2) is 4.79 Å². The fourth-order valence-corrected chi connectivity index (χ4v) is 2.78. The molecule has 2 amide bonds. The first kappa shape index (κ1) is 17.8. The van der Waals surface area contributed by atoms with E-state index in [1.165, 1.54) is 12.0 Å². The minimum atomic E-state index is 0.0542. The van der Waals surface area contributed by atoms with E-state index in [0.717, 1.165) is 44.8 Å². The normalized spacial score (nSPS) is 15.9. The zero-order valence-electron chi connectivity index (χ0n) is 14.7. The monoisotopic (exact) mass is 318 g/mol. The van der Waals surface area contributed by atoms with Gasteiger partial charge in [0, 0.05) is 32.7 Å². The van der Waals surface area contributed by atoms with Crippen LogP contribution in [0, 0.1) is 6.92 Å². The number of benzene rings is 1. The summed E-state index contributed by atoms with van der Waals surface area (Å²) < 4.78 is 0. The molecule has 5 heteroatoms. The molecule has 0 spiro atoms. The molecule has 1 heterocycles. The van der Waals surface area contributed by atoms with Crippen molar-refractivity contribution in [1.82, 2.24) is 20.0 Å². The van der Waals surface area contributed by atoms with Crippen LogP contribution in [0.5, 0.6) is 0 Å². The van der Waals surface area contributed by atoms with E-state index in [-0.39, 0.29) is 6.03 Å². The van der Waals surface area contributed by atoms with E-state index in [1.54, 1.807) is 0 Å². The maximum Gasteiger partial charge on any atom is 0.317 e. The van der Waals surface area contributed by atoms with Crippen LogP contribution in [0.1, 0.15) is 17.5 Å². The molecular formula is C18H30N4O. The standard InChI is InChI=1S/C18H30N4O/c1-16-5-7-17(8-6-16)15-19-18(23)22-13-11-21(12-14-22)10-4-9-20(2)3/h5-8H,4,9-15H2,1-3H3,(H,19,23). The molecule has 128 valence electrons. The molecule has 1 aliphatic rings. The van der Waals surface area contributed by atoms with Crippen LogP contribution in [-0.2, 0) is 6.54 Å². The molecule has 1 saturated heterocycles. The first-order valence-electron chi connectivity index (χ1n) is 8.50. The van der Waals surface area contributed by atoms with Gasteiger partial charge in [0.15, 0.2) is 0 Å². The Morgan fingerprint density at radius 1 is 1.13 bits per heavy atom. The van der Waals surface area contributed by atoms with Crippen LogP contribution in [0.15, 0.2) is 24.3 Å². The van der Waals surface area contributed by atoms with Gasteiger partial charge in [0.25, 0.3) is 0 Å². The third kappa shape index (κ3) is 6.20. The molecule has 0 saturated carbocycles. The number of hydrogen-bond acceptors (Lipinski definition) is 3. The Hall–Kier alpha value is -1.59. The van der Waals surface area contributed by atoms with Gasteiger partial charge < -0.3 is 15.1 Å².